The molecule has 1 unspecified atom stereocenters. The van der Waals surface area contributed by atoms with Gasteiger partial charge >= 0.3 is 0 Å². The molecule has 2 heterocycles. The molecule has 1 aromatic carbocycles. The van der Waals surface area contributed by atoms with Gasteiger partial charge in [-0.1, -0.05) is 12.7 Å². The molecule has 0 N–H and O–H groups in total. The third-order valence-electron chi connectivity index (χ3n) is 4.09. The fourth-order valence-corrected chi connectivity index (χ4v) is 3.15. The molecule has 21 heavy (non-hydrogen) atoms. The molecular formula is C17H20FNO2. The van der Waals surface area contributed by atoms with Crippen LogP contribution < -0.4 is 9.47 Å². The number of likely N-dealkylation sites (tertiary alicyclic amines) is 1. The first-order valence-corrected chi connectivity index (χ1v) is 7.39. The van der Waals surface area contributed by atoms with Crippen molar-refractivity contribution in [2.45, 2.75) is 25.8 Å². The first kappa shape index (κ1) is 14.0. The van der Waals surface area contributed by atoms with Crippen molar-refractivity contribution in [1.29, 1.82) is 0 Å². The van der Waals surface area contributed by atoms with Crippen LogP contribution in [0.15, 0.2) is 36.6 Å². The fraction of sp³-hybridized carbons (Fsp3) is 0.412. The highest BCUT2D eigenvalue weighted by molar-refractivity contribution is 5.46. The zero-order valence-electron chi connectivity index (χ0n) is 12.3. The predicted molar refractivity (Wildman–Crippen MR) is 80.0 cm³/mol. The first-order valence-electron chi connectivity index (χ1n) is 7.39. The number of rotatable bonds is 3. The van der Waals surface area contributed by atoms with E-state index in [9.17, 15) is 4.39 Å². The lowest BCUT2D eigenvalue weighted by Gasteiger charge is -2.29. The van der Waals surface area contributed by atoms with E-state index in [1.807, 2.05) is 25.1 Å². The molecule has 0 radical (unpaired) electrons. The van der Waals surface area contributed by atoms with Crippen molar-refractivity contribution in [2.24, 2.45) is 0 Å². The summed E-state index contributed by atoms with van der Waals surface area (Å²) >= 11 is 0. The normalized spacial score (nSPS) is 21.5. The van der Waals surface area contributed by atoms with Gasteiger partial charge < -0.3 is 14.4 Å². The average Bonchev–Trinajstić information content (AvgIpc) is 2.98. The molecule has 0 spiro atoms. The Bertz CT molecular complexity index is 582. The van der Waals surface area contributed by atoms with Crippen LogP contribution in [0, 0.1) is 5.82 Å². The maximum absolute atomic E-state index is 14.2. The van der Waals surface area contributed by atoms with Crippen molar-refractivity contribution in [3.05, 3.63) is 47.9 Å². The van der Waals surface area contributed by atoms with Gasteiger partial charge in [-0.05, 0) is 43.5 Å². The summed E-state index contributed by atoms with van der Waals surface area (Å²) in [6.45, 7) is 7.70. The minimum absolute atomic E-state index is 0.166. The lowest BCUT2D eigenvalue weighted by atomic mass is 10.0. The van der Waals surface area contributed by atoms with E-state index in [4.69, 9.17) is 9.47 Å². The number of hydrogen-bond donors (Lipinski definition) is 0. The molecule has 0 saturated carbocycles. The van der Waals surface area contributed by atoms with Gasteiger partial charge in [-0.2, -0.15) is 0 Å². The van der Waals surface area contributed by atoms with E-state index in [-0.39, 0.29) is 17.6 Å². The van der Waals surface area contributed by atoms with Gasteiger partial charge in [-0.25, -0.2) is 4.39 Å². The summed E-state index contributed by atoms with van der Waals surface area (Å²) in [6.07, 6.45) is 5.99. The summed E-state index contributed by atoms with van der Waals surface area (Å²) in [4.78, 5) is 2.28. The van der Waals surface area contributed by atoms with Crippen LogP contribution >= 0.6 is 0 Å². The van der Waals surface area contributed by atoms with E-state index >= 15 is 0 Å². The van der Waals surface area contributed by atoms with Crippen LogP contribution in [0.3, 0.4) is 0 Å². The summed E-state index contributed by atoms with van der Waals surface area (Å²) < 4.78 is 25.1. The number of halogens is 1. The highest BCUT2D eigenvalue weighted by Crippen LogP contribution is 2.41. The van der Waals surface area contributed by atoms with Gasteiger partial charge in [0.25, 0.3) is 0 Å². The second-order valence-corrected chi connectivity index (χ2v) is 5.30. The van der Waals surface area contributed by atoms with E-state index in [2.05, 4.69) is 11.5 Å². The predicted octanol–water partition coefficient (Wildman–Crippen LogP) is 3.82. The summed E-state index contributed by atoms with van der Waals surface area (Å²) in [5.41, 5.74) is 2.03. The Balaban J connectivity index is 1.96. The third-order valence-corrected chi connectivity index (χ3v) is 4.09. The SMILES string of the molecule is C=CC(=CC)N1CCCC1c1cc(F)c2c(c1)OCCO2. The van der Waals surface area contributed by atoms with Crippen molar-refractivity contribution in [3.8, 4) is 11.5 Å². The van der Waals surface area contributed by atoms with E-state index in [0.717, 1.165) is 30.6 Å². The average molecular weight is 289 g/mol. The van der Waals surface area contributed by atoms with Gasteiger partial charge in [0.15, 0.2) is 17.3 Å². The van der Waals surface area contributed by atoms with Crippen molar-refractivity contribution in [1.82, 2.24) is 4.90 Å². The Morgan fingerprint density at radius 3 is 2.95 bits per heavy atom. The molecule has 3 nitrogen and oxygen atoms in total. The largest absolute Gasteiger partial charge is 0.486 e. The quantitative estimate of drug-likeness (QED) is 0.790. The van der Waals surface area contributed by atoms with Gasteiger partial charge in [0, 0.05) is 12.2 Å². The molecule has 0 aromatic heterocycles. The molecule has 0 aliphatic carbocycles. The molecule has 112 valence electrons. The molecule has 2 aliphatic rings. The maximum Gasteiger partial charge on any atom is 0.197 e. The Hall–Kier alpha value is -1.97. The Morgan fingerprint density at radius 1 is 1.38 bits per heavy atom. The van der Waals surface area contributed by atoms with Crippen molar-refractivity contribution >= 4 is 0 Å². The van der Waals surface area contributed by atoms with Crippen molar-refractivity contribution in [2.75, 3.05) is 19.8 Å². The summed E-state index contributed by atoms with van der Waals surface area (Å²) in [5.74, 6) is 0.419. The topological polar surface area (TPSA) is 21.7 Å². The van der Waals surface area contributed by atoms with Crippen molar-refractivity contribution in [3.63, 3.8) is 0 Å². The summed E-state index contributed by atoms with van der Waals surface area (Å²) in [5, 5.41) is 0. The number of allylic oxidation sites excluding steroid dienone is 2. The number of benzene rings is 1. The van der Waals surface area contributed by atoms with E-state index in [1.54, 1.807) is 6.07 Å². The lowest BCUT2D eigenvalue weighted by molar-refractivity contribution is 0.163. The van der Waals surface area contributed by atoms with E-state index < -0.39 is 0 Å². The third kappa shape index (κ3) is 2.50. The molecular weight excluding hydrogens is 269 g/mol. The second kappa shape index (κ2) is 5.80. The molecule has 1 aromatic rings. The molecule has 4 heteroatoms. The number of nitrogens with zero attached hydrogens (tertiary/aromatic N) is 1. The van der Waals surface area contributed by atoms with E-state index in [1.165, 1.54) is 0 Å². The van der Waals surface area contributed by atoms with Crippen LogP contribution in [0.1, 0.15) is 31.4 Å². The zero-order valence-corrected chi connectivity index (χ0v) is 12.3. The molecule has 2 aliphatic heterocycles. The van der Waals surface area contributed by atoms with Gasteiger partial charge in [-0.15, -0.1) is 0 Å². The molecule has 3 rings (SSSR count). The van der Waals surface area contributed by atoms with Crippen LogP contribution in [0.4, 0.5) is 4.39 Å². The smallest absolute Gasteiger partial charge is 0.197 e. The molecule has 1 saturated heterocycles. The molecule has 0 amide bonds. The van der Waals surface area contributed by atoms with Gasteiger partial charge in [-0.3, -0.25) is 0 Å². The van der Waals surface area contributed by atoms with Crippen molar-refractivity contribution < 1.29 is 13.9 Å². The van der Waals surface area contributed by atoms with Crippen LogP contribution in [-0.2, 0) is 0 Å². The maximum atomic E-state index is 14.2. The van der Waals surface area contributed by atoms with Gasteiger partial charge in [0.05, 0.1) is 6.04 Å². The fourth-order valence-electron chi connectivity index (χ4n) is 3.15. The molecule has 0 bridgehead atoms. The van der Waals surface area contributed by atoms with E-state index in [0.29, 0.717) is 19.0 Å². The molecule has 1 fully saturated rings. The van der Waals surface area contributed by atoms with Crippen LogP contribution in [0.25, 0.3) is 0 Å². The van der Waals surface area contributed by atoms with Crippen LogP contribution in [-0.4, -0.2) is 24.7 Å². The summed E-state index contributed by atoms with van der Waals surface area (Å²) in [6, 6.07) is 3.66. The Morgan fingerprint density at radius 2 is 2.19 bits per heavy atom. The summed E-state index contributed by atoms with van der Waals surface area (Å²) in [7, 11) is 0. The molecule has 1 atom stereocenters. The highest BCUT2D eigenvalue weighted by Gasteiger charge is 2.29. The Labute approximate surface area is 124 Å². The minimum atomic E-state index is -0.338. The Kier molecular flexibility index (Phi) is 3.86. The number of fused-ring (bicyclic) bond motifs is 1. The minimum Gasteiger partial charge on any atom is -0.486 e. The first-order chi connectivity index (χ1) is 10.2. The standard InChI is InChI=1S/C17H20FNO2/c1-3-13(4-2)19-7-5-6-15(19)12-10-14(18)17-16(11-12)20-8-9-21-17/h3-4,10-11,15H,1,5-9H2,2H3. The monoisotopic (exact) mass is 289 g/mol. The second-order valence-electron chi connectivity index (χ2n) is 5.30. The lowest BCUT2D eigenvalue weighted by Crippen LogP contribution is -2.22. The highest BCUT2D eigenvalue weighted by atomic mass is 19.1. The number of ether oxygens (including phenoxy) is 2. The van der Waals surface area contributed by atoms with Gasteiger partial charge in [0.1, 0.15) is 13.2 Å². The van der Waals surface area contributed by atoms with Crippen LogP contribution in [0.5, 0.6) is 11.5 Å². The van der Waals surface area contributed by atoms with Gasteiger partial charge in [0.2, 0.25) is 0 Å². The number of hydrogen-bond acceptors (Lipinski definition) is 3. The zero-order chi connectivity index (χ0) is 14.8. The van der Waals surface area contributed by atoms with Crippen LogP contribution in [0.2, 0.25) is 0 Å².